The third kappa shape index (κ3) is 4.85. The predicted molar refractivity (Wildman–Crippen MR) is 133 cm³/mol. The Morgan fingerprint density at radius 3 is 2.52 bits per heavy atom. The fraction of sp³-hybridized carbons (Fsp3) is 0.185. The van der Waals surface area contributed by atoms with Crippen LogP contribution in [0.25, 0.3) is 10.9 Å². The van der Waals surface area contributed by atoms with E-state index in [1.165, 1.54) is 0 Å². The predicted octanol–water partition coefficient (Wildman–Crippen LogP) is 5.25. The zero-order valence-corrected chi connectivity index (χ0v) is 19.4. The first-order chi connectivity index (χ1) is 16.0. The Morgan fingerprint density at radius 2 is 1.79 bits per heavy atom. The van der Waals surface area contributed by atoms with Crippen molar-refractivity contribution in [1.82, 2.24) is 15.6 Å². The van der Waals surface area contributed by atoms with Crippen LogP contribution in [0.4, 0.5) is 0 Å². The van der Waals surface area contributed by atoms with Crippen LogP contribution in [0.3, 0.4) is 0 Å². The minimum absolute atomic E-state index is 0.0588. The molecule has 0 unspecified atom stereocenters. The molecular formula is C27H26ClN3O2. The standard InChI is InChI=1S/C27H26ClN3O2/c1-17-11-12-18(23(28)15-17)13-14-30-24(19-7-4-3-5-8-19)26(32)22-16-31-25-20(22)9-6-10-21(25)27(33)29-2/h3-12,15-16,24,30-31H,13-14H2,1-2H3,(H,29,33)/t24-/m1/s1. The van der Waals surface area contributed by atoms with Gasteiger partial charge in [0.1, 0.15) is 0 Å². The monoisotopic (exact) mass is 459 g/mol. The lowest BCUT2D eigenvalue weighted by Crippen LogP contribution is -2.30. The van der Waals surface area contributed by atoms with Gasteiger partial charge in [0.25, 0.3) is 5.91 Å². The van der Waals surface area contributed by atoms with E-state index in [1.54, 1.807) is 25.4 Å². The summed E-state index contributed by atoms with van der Waals surface area (Å²) < 4.78 is 0. The number of carbonyl (C=O) groups is 2. The first-order valence-electron chi connectivity index (χ1n) is 10.9. The molecule has 6 heteroatoms. The van der Waals surface area contributed by atoms with Crippen molar-refractivity contribution >= 4 is 34.2 Å². The molecule has 0 aliphatic carbocycles. The summed E-state index contributed by atoms with van der Waals surface area (Å²) in [7, 11) is 1.59. The Hall–Kier alpha value is -3.41. The van der Waals surface area contributed by atoms with Crippen molar-refractivity contribution in [2.24, 2.45) is 0 Å². The van der Waals surface area contributed by atoms with Crippen LogP contribution in [-0.2, 0) is 6.42 Å². The number of nitrogens with one attached hydrogen (secondary N) is 3. The molecule has 5 nitrogen and oxygen atoms in total. The Bertz CT molecular complexity index is 1300. The Kier molecular flexibility index (Phi) is 6.92. The molecule has 4 rings (SSSR count). The number of hydrogen-bond donors (Lipinski definition) is 3. The molecule has 0 fully saturated rings. The molecule has 1 aromatic heterocycles. The van der Waals surface area contributed by atoms with Crippen LogP contribution in [0.1, 0.15) is 43.4 Å². The molecule has 0 aliphatic rings. The number of H-pyrrole nitrogens is 1. The number of aromatic nitrogens is 1. The van der Waals surface area contributed by atoms with Gasteiger partial charge in [-0.1, -0.05) is 66.2 Å². The topological polar surface area (TPSA) is 74.0 Å². The first kappa shape index (κ1) is 22.8. The summed E-state index contributed by atoms with van der Waals surface area (Å²) in [5, 5.41) is 7.53. The second-order valence-electron chi connectivity index (χ2n) is 8.02. The van der Waals surface area contributed by atoms with E-state index in [1.807, 2.05) is 61.5 Å². The molecule has 168 valence electrons. The van der Waals surface area contributed by atoms with Gasteiger partial charge in [-0.25, -0.2) is 0 Å². The zero-order chi connectivity index (χ0) is 23.4. The maximum atomic E-state index is 13.7. The smallest absolute Gasteiger partial charge is 0.253 e. The molecule has 1 amide bonds. The molecule has 0 bridgehead atoms. The second-order valence-corrected chi connectivity index (χ2v) is 8.42. The number of Topliss-reactive ketones (excluding diaryl/α,β-unsaturated/α-hetero) is 1. The van der Waals surface area contributed by atoms with Gasteiger partial charge in [0.05, 0.1) is 17.1 Å². The largest absolute Gasteiger partial charge is 0.360 e. The lowest BCUT2D eigenvalue weighted by Gasteiger charge is -2.18. The van der Waals surface area contributed by atoms with Gasteiger partial charge >= 0.3 is 0 Å². The molecule has 1 atom stereocenters. The Morgan fingerprint density at radius 1 is 1.00 bits per heavy atom. The molecule has 0 saturated heterocycles. The highest BCUT2D eigenvalue weighted by molar-refractivity contribution is 6.31. The Balaban J connectivity index is 1.62. The molecular weight excluding hydrogens is 434 g/mol. The van der Waals surface area contributed by atoms with Crippen LogP contribution >= 0.6 is 11.6 Å². The van der Waals surface area contributed by atoms with E-state index in [4.69, 9.17) is 11.6 Å². The molecule has 0 radical (unpaired) electrons. The van der Waals surface area contributed by atoms with Crippen molar-refractivity contribution < 1.29 is 9.59 Å². The van der Waals surface area contributed by atoms with Crippen LogP contribution < -0.4 is 10.6 Å². The normalized spacial score (nSPS) is 12.0. The third-order valence-corrected chi connectivity index (χ3v) is 6.15. The van der Waals surface area contributed by atoms with Gasteiger partial charge in [0.2, 0.25) is 0 Å². The minimum Gasteiger partial charge on any atom is -0.360 e. The van der Waals surface area contributed by atoms with E-state index >= 15 is 0 Å². The van der Waals surface area contributed by atoms with Gasteiger partial charge in [-0.3, -0.25) is 9.59 Å². The average Bonchev–Trinajstić information content (AvgIpc) is 3.27. The number of hydrogen-bond acceptors (Lipinski definition) is 3. The van der Waals surface area contributed by atoms with Crippen LogP contribution in [0.2, 0.25) is 5.02 Å². The van der Waals surface area contributed by atoms with Crippen molar-refractivity contribution in [3.05, 3.63) is 106 Å². The van der Waals surface area contributed by atoms with Crippen LogP contribution in [-0.4, -0.2) is 30.3 Å². The highest BCUT2D eigenvalue weighted by Gasteiger charge is 2.25. The second kappa shape index (κ2) is 10.0. The molecule has 3 aromatic carbocycles. The third-order valence-electron chi connectivity index (χ3n) is 5.80. The summed E-state index contributed by atoms with van der Waals surface area (Å²) in [6.07, 6.45) is 2.39. The maximum Gasteiger partial charge on any atom is 0.253 e. The number of aromatic amines is 1. The van der Waals surface area contributed by atoms with Gasteiger partial charge < -0.3 is 15.6 Å². The number of carbonyl (C=O) groups excluding carboxylic acids is 2. The highest BCUT2D eigenvalue weighted by Crippen LogP contribution is 2.27. The summed E-state index contributed by atoms with van der Waals surface area (Å²) in [5.74, 6) is -0.259. The quantitative estimate of drug-likeness (QED) is 0.315. The summed E-state index contributed by atoms with van der Waals surface area (Å²) in [5.41, 5.74) is 4.74. The number of benzene rings is 3. The average molecular weight is 460 g/mol. The molecule has 0 aliphatic heterocycles. The lowest BCUT2D eigenvalue weighted by atomic mass is 9.96. The van der Waals surface area contributed by atoms with Crippen molar-refractivity contribution in [3.63, 3.8) is 0 Å². The highest BCUT2D eigenvalue weighted by atomic mass is 35.5. The van der Waals surface area contributed by atoms with E-state index in [2.05, 4.69) is 15.6 Å². The number of ketones is 1. The fourth-order valence-electron chi connectivity index (χ4n) is 4.05. The van der Waals surface area contributed by atoms with E-state index in [-0.39, 0.29) is 11.7 Å². The molecule has 3 N–H and O–H groups in total. The SMILES string of the molecule is CNC(=O)c1cccc2c(C(=O)[C@H](NCCc3ccc(C)cc3Cl)c3ccccc3)c[nH]c12. The number of halogens is 1. The van der Waals surface area contributed by atoms with E-state index in [0.29, 0.717) is 29.6 Å². The van der Waals surface area contributed by atoms with Crippen LogP contribution in [0.15, 0.2) is 72.9 Å². The minimum atomic E-state index is -0.530. The van der Waals surface area contributed by atoms with Gasteiger partial charge in [0, 0.05) is 35.8 Å². The number of aryl methyl sites for hydroxylation is 1. The molecule has 0 saturated carbocycles. The van der Waals surface area contributed by atoms with E-state index in [0.717, 1.165) is 27.1 Å². The van der Waals surface area contributed by atoms with Gasteiger partial charge in [-0.15, -0.1) is 0 Å². The fourth-order valence-corrected chi connectivity index (χ4v) is 4.38. The number of para-hydroxylation sites is 1. The summed E-state index contributed by atoms with van der Waals surface area (Å²) in [4.78, 5) is 29.1. The molecule has 0 spiro atoms. The number of rotatable bonds is 8. The van der Waals surface area contributed by atoms with Crippen LogP contribution in [0, 0.1) is 6.92 Å². The molecule has 33 heavy (non-hydrogen) atoms. The zero-order valence-electron chi connectivity index (χ0n) is 18.6. The molecule has 4 aromatic rings. The van der Waals surface area contributed by atoms with Gasteiger partial charge in [-0.2, -0.15) is 0 Å². The molecule has 1 heterocycles. The maximum absolute atomic E-state index is 13.7. The lowest BCUT2D eigenvalue weighted by molar-refractivity contribution is 0.0941. The van der Waals surface area contributed by atoms with E-state index in [9.17, 15) is 9.59 Å². The van der Waals surface area contributed by atoms with Crippen molar-refractivity contribution in [2.45, 2.75) is 19.4 Å². The van der Waals surface area contributed by atoms with E-state index < -0.39 is 6.04 Å². The first-order valence-corrected chi connectivity index (χ1v) is 11.3. The number of amides is 1. The Labute approximate surface area is 198 Å². The van der Waals surface area contributed by atoms with Gasteiger partial charge in [0.15, 0.2) is 5.78 Å². The van der Waals surface area contributed by atoms with Crippen molar-refractivity contribution in [1.29, 1.82) is 0 Å². The summed E-state index contributed by atoms with van der Waals surface area (Å²) >= 11 is 6.39. The van der Waals surface area contributed by atoms with Crippen molar-refractivity contribution in [2.75, 3.05) is 13.6 Å². The summed E-state index contributed by atoms with van der Waals surface area (Å²) in [6.45, 7) is 2.59. The van der Waals surface area contributed by atoms with Crippen molar-refractivity contribution in [3.8, 4) is 0 Å². The number of fused-ring (bicyclic) bond motifs is 1. The summed E-state index contributed by atoms with van der Waals surface area (Å²) in [6, 6.07) is 20.5. The van der Waals surface area contributed by atoms with Crippen LogP contribution in [0.5, 0.6) is 0 Å². The van der Waals surface area contributed by atoms with Gasteiger partial charge in [-0.05, 0) is 42.2 Å².